The molecule has 0 saturated carbocycles. The maximum atomic E-state index is 3.44. The molecule has 16 heavy (non-hydrogen) atoms. The summed E-state index contributed by atoms with van der Waals surface area (Å²) in [5.41, 5.74) is 1.45. The number of rotatable bonds is 3. The van der Waals surface area contributed by atoms with Crippen LogP contribution < -0.4 is 5.32 Å². The van der Waals surface area contributed by atoms with E-state index >= 15 is 0 Å². The molecule has 1 aliphatic heterocycles. The van der Waals surface area contributed by atoms with Crippen molar-refractivity contribution in [1.29, 1.82) is 0 Å². The van der Waals surface area contributed by atoms with Gasteiger partial charge in [-0.2, -0.15) is 0 Å². The molecule has 1 aromatic rings. The van der Waals surface area contributed by atoms with Crippen molar-refractivity contribution in [2.45, 2.75) is 32.4 Å². The predicted octanol–water partition coefficient (Wildman–Crippen LogP) is 1.91. The van der Waals surface area contributed by atoms with E-state index in [1.165, 1.54) is 12.1 Å². The van der Waals surface area contributed by atoms with Crippen LogP contribution in [-0.2, 0) is 6.42 Å². The molecule has 1 fully saturated rings. The first-order chi connectivity index (χ1) is 7.77. The SMILES string of the molecule is CC1CNCCN1C(C)Cc1ccccc1. The Balaban J connectivity index is 1.94. The van der Waals surface area contributed by atoms with Gasteiger partial charge >= 0.3 is 0 Å². The molecule has 1 aliphatic rings. The zero-order chi connectivity index (χ0) is 11.4. The zero-order valence-electron chi connectivity index (χ0n) is 10.3. The van der Waals surface area contributed by atoms with E-state index in [1.54, 1.807) is 0 Å². The Labute approximate surface area is 98.7 Å². The molecule has 1 heterocycles. The second-order valence-corrected chi connectivity index (χ2v) is 4.83. The summed E-state index contributed by atoms with van der Waals surface area (Å²) in [4.78, 5) is 2.61. The van der Waals surface area contributed by atoms with Crippen LogP contribution in [0.25, 0.3) is 0 Å². The molecule has 0 amide bonds. The second-order valence-electron chi connectivity index (χ2n) is 4.83. The summed E-state index contributed by atoms with van der Waals surface area (Å²) >= 11 is 0. The number of piperazine rings is 1. The minimum absolute atomic E-state index is 0.638. The van der Waals surface area contributed by atoms with Gasteiger partial charge < -0.3 is 5.32 Å². The van der Waals surface area contributed by atoms with Crippen molar-refractivity contribution in [3.05, 3.63) is 35.9 Å². The van der Waals surface area contributed by atoms with Crippen molar-refractivity contribution in [3.8, 4) is 0 Å². The zero-order valence-corrected chi connectivity index (χ0v) is 10.3. The Morgan fingerprint density at radius 2 is 2.12 bits per heavy atom. The topological polar surface area (TPSA) is 15.3 Å². The number of hydrogen-bond donors (Lipinski definition) is 1. The first-order valence-corrected chi connectivity index (χ1v) is 6.28. The molecule has 2 unspecified atom stereocenters. The standard InChI is InChI=1S/C14H22N2/c1-12(10-14-6-4-3-5-7-14)16-9-8-15-11-13(16)2/h3-7,12-13,15H,8-11H2,1-2H3. The van der Waals surface area contributed by atoms with Crippen molar-refractivity contribution in [1.82, 2.24) is 10.2 Å². The summed E-state index contributed by atoms with van der Waals surface area (Å²) < 4.78 is 0. The molecule has 1 saturated heterocycles. The summed E-state index contributed by atoms with van der Waals surface area (Å²) in [7, 11) is 0. The summed E-state index contributed by atoms with van der Waals surface area (Å²) in [6.45, 7) is 8.08. The summed E-state index contributed by atoms with van der Waals surface area (Å²) in [6, 6.07) is 12.1. The largest absolute Gasteiger partial charge is 0.314 e. The fraction of sp³-hybridized carbons (Fsp3) is 0.571. The van der Waals surface area contributed by atoms with Crippen molar-refractivity contribution < 1.29 is 0 Å². The third-order valence-electron chi connectivity index (χ3n) is 3.49. The Hall–Kier alpha value is -0.860. The van der Waals surface area contributed by atoms with E-state index in [0.29, 0.717) is 12.1 Å². The molecule has 1 aromatic carbocycles. The maximum Gasteiger partial charge on any atom is 0.0195 e. The lowest BCUT2D eigenvalue weighted by Gasteiger charge is -2.38. The minimum atomic E-state index is 0.638. The minimum Gasteiger partial charge on any atom is -0.314 e. The van der Waals surface area contributed by atoms with Crippen LogP contribution >= 0.6 is 0 Å². The van der Waals surface area contributed by atoms with E-state index in [2.05, 4.69) is 54.4 Å². The molecule has 1 N–H and O–H groups in total. The molecular weight excluding hydrogens is 196 g/mol. The van der Waals surface area contributed by atoms with E-state index in [0.717, 1.165) is 19.5 Å². The van der Waals surface area contributed by atoms with Crippen LogP contribution in [0.3, 0.4) is 0 Å². The van der Waals surface area contributed by atoms with Gasteiger partial charge in [-0.25, -0.2) is 0 Å². The Morgan fingerprint density at radius 3 is 2.81 bits per heavy atom. The third kappa shape index (κ3) is 2.83. The van der Waals surface area contributed by atoms with Crippen LogP contribution in [0.1, 0.15) is 19.4 Å². The van der Waals surface area contributed by atoms with Crippen molar-refractivity contribution in [3.63, 3.8) is 0 Å². The van der Waals surface area contributed by atoms with E-state index in [4.69, 9.17) is 0 Å². The van der Waals surface area contributed by atoms with Crippen LogP contribution in [0.2, 0.25) is 0 Å². The molecule has 2 atom stereocenters. The Kier molecular flexibility index (Phi) is 3.97. The van der Waals surface area contributed by atoms with Gasteiger partial charge in [0.1, 0.15) is 0 Å². The molecule has 0 aliphatic carbocycles. The monoisotopic (exact) mass is 218 g/mol. The van der Waals surface area contributed by atoms with Crippen molar-refractivity contribution in [2.75, 3.05) is 19.6 Å². The van der Waals surface area contributed by atoms with Crippen molar-refractivity contribution >= 4 is 0 Å². The van der Waals surface area contributed by atoms with Crippen LogP contribution in [0, 0.1) is 0 Å². The van der Waals surface area contributed by atoms with Gasteiger partial charge in [-0.3, -0.25) is 4.90 Å². The van der Waals surface area contributed by atoms with Crippen LogP contribution in [0.5, 0.6) is 0 Å². The number of nitrogens with one attached hydrogen (secondary N) is 1. The normalized spacial score (nSPS) is 24.2. The fourth-order valence-electron chi connectivity index (χ4n) is 2.58. The van der Waals surface area contributed by atoms with Gasteiger partial charge in [-0.1, -0.05) is 30.3 Å². The van der Waals surface area contributed by atoms with E-state index in [-0.39, 0.29) is 0 Å². The number of hydrogen-bond acceptors (Lipinski definition) is 2. The Morgan fingerprint density at radius 1 is 1.38 bits per heavy atom. The highest BCUT2D eigenvalue weighted by Gasteiger charge is 2.22. The summed E-state index contributed by atoms with van der Waals surface area (Å²) in [5.74, 6) is 0. The van der Waals surface area contributed by atoms with Crippen LogP contribution in [-0.4, -0.2) is 36.6 Å². The van der Waals surface area contributed by atoms with E-state index in [1.807, 2.05) is 0 Å². The number of nitrogens with zero attached hydrogens (tertiary/aromatic N) is 1. The van der Waals surface area contributed by atoms with Crippen LogP contribution in [0.4, 0.5) is 0 Å². The molecule has 0 bridgehead atoms. The van der Waals surface area contributed by atoms with Gasteiger partial charge in [0.15, 0.2) is 0 Å². The first kappa shape index (κ1) is 11.6. The van der Waals surface area contributed by atoms with Gasteiger partial charge in [0.2, 0.25) is 0 Å². The molecule has 0 spiro atoms. The highest BCUT2D eigenvalue weighted by Crippen LogP contribution is 2.13. The summed E-state index contributed by atoms with van der Waals surface area (Å²) in [5, 5.41) is 3.44. The molecular formula is C14H22N2. The predicted molar refractivity (Wildman–Crippen MR) is 68.6 cm³/mol. The summed E-state index contributed by atoms with van der Waals surface area (Å²) in [6.07, 6.45) is 1.16. The van der Waals surface area contributed by atoms with Crippen molar-refractivity contribution in [2.24, 2.45) is 0 Å². The average molecular weight is 218 g/mol. The van der Waals surface area contributed by atoms with Gasteiger partial charge in [0, 0.05) is 31.7 Å². The molecule has 0 aromatic heterocycles. The quantitative estimate of drug-likeness (QED) is 0.834. The highest BCUT2D eigenvalue weighted by atomic mass is 15.2. The van der Waals surface area contributed by atoms with E-state index < -0.39 is 0 Å². The highest BCUT2D eigenvalue weighted by molar-refractivity contribution is 5.15. The molecule has 2 heteroatoms. The molecule has 2 nitrogen and oxygen atoms in total. The van der Waals surface area contributed by atoms with Crippen LogP contribution in [0.15, 0.2) is 30.3 Å². The fourth-order valence-corrected chi connectivity index (χ4v) is 2.58. The second kappa shape index (κ2) is 5.46. The van der Waals surface area contributed by atoms with Gasteiger partial charge in [-0.15, -0.1) is 0 Å². The third-order valence-corrected chi connectivity index (χ3v) is 3.49. The first-order valence-electron chi connectivity index (χ1n) is 6.28. The lowest BCUT2D eigenvalue weighted by Crippen LogP contribution is -2.53. The average Bonchev–Trinajstić information content (AvgIpc) is 2.31. The van der Waals surface area contributed by atoms with Gasteiger partial charge in [-0.05, 0) is 25.8 Å². The van der Waals surface area contributed by atoms with E-state index in [9.17, 15) is 0 Å². The molecule has 2 rings (SSSR count). The smallest absolute Gasteiger partial charge is 0.0195 e. The molecule has 0 radical (unpaired) electrons. The van der Waals surface area contributed by atoms with Gasteiger partial charge in [0.05, 0.1) is 0 Å². The molecule has 88 valence electrons. The lowest BCUT2D eigenvalue weighted by molar-refractivity contribution is 0.125. The Bertz CT molecular complexity index is 310. The van der Waals surface area contributed by atoms with Gasteiger partial charge in [0.25, 0.3) is 0 Å². The lowest BCUT2D eigenvalue weighted by atomic mass is 10.0. The number of benzene rings is 1. The maximum absolute atomic E-state index is 3.44.